The maximum atomic E-state index is 10.6. The van der Waals surface area contributed by atoms with Crippen molar-refractivity contribution in [2.75, 3.05) is 0 Å². The van der Waals surface area contributed by atoms with Crippen LogP contribution in [0.1, 0.15) is 46.0 Å². The molecule has 0 aromatic heterocycles. The standard InChI is InChI=1S/C9H20N2O/c1-3-5-7-8(6-4-2)11-9(10)12/h8H,3-7H2,1-2H3,(H3,10,11,12). The van der Waals surface area contributed by atoms with E-state index in [1.807, 2.05) is 0 Å². The first kappa shape index (κ1) is 11.3. The van der Waals surface area contributed by atoms with Crippen molar-refractivity contribution in [3.8, 4) is 0 Å². The van der Waals surface area contributed by atoms with E-state index in [2.05, 4.69) is 19.2 Å². The van der Waals surface area contributed by atoms with Gasteiger partial charge in [0.05, 0.1) is 0 Å². The Morgan fingerprint density at radius 2 is 2.00 bits per heavy atom. The molecule has 0 rings (SSSR count). The molecule has 3 nitrogen and oxygen atoms in total. The Balaban J connectivity index is 3.61. The smallest absolute Gasteiger partial charge is 0.312 e. The number of carbonyl (C=O) groups is 1. The lowest BCUT2D eigenvalue weighted by Crippen LogP contribution is -2.38. The molecule has 0 saturated carbocycles. The third-order valence-electron chi connectivity index (χ3n) is 1.89. The number of urea groups is 1. The molecule has 0 aromatic rings. The predicted octanol–water partition coefficient (Wildman–Crippen LogP) is 2.01. The van der Waals surface area contributed by atoms with Gasteiger partial charge >= 0.3 is 6.03 Å². The van der Waals surface area contributed by atoms with E-state index in [9.17, 15) is 4.79 Å². The summed E-state index contributed by atoms with van der Waals surface area (Å²) in [5.41, 5.74) is 5.05. The summed E-state index contributed by atoms with van der Waals surface area (Å²) in [6, 6.07) is -0.114. The molecule has 0 bridgehead atoms. The van der Waals surface area contributed by atoms with E-state index >= 15 is 0 Å². The van der Waals surface area contributed by atoms with Gasteiger partial charge in [-0.25, -0.2) is 4.79 Å². The van der Waals surface area contributed by atoms with Crippen LogP contribution in [0, 0.1) is 0 Å². The fourth-order valence-electron chi connectivity index (χ4n) is 1.29. The van der Waals surface area contributed by atoms with Gasteiger partial charge in [0.2, 0.25) is 0 Å². The molecule has 0 heterocycles. The van der Waals surface area contributed by atoms with Crippen molar-refractivity contribution in [1.82, 2.24) is 5.32 Å². The van der Waals surface area contributed by atoms with E-state index in [0.29, 0.717) is 0 Å². The maximum absolute atomic E-state index is 10.6. The highest BCUT2D eigenvalue weighted by atomic mass is 16.2. The number of nitrogens with one attached hydrogen (secondary N) is 1. The van der Waals surface area contributed by atoms with Crippen LogP contribution < -0.4 is 11.1 Å². The lowest BCUT2D eigenvalue weighted by molar-refractivity contribution is 0.243. The normalized spacial score (nSPS) is 12.5. The summed E-state index contributed by atoms with van der Waals surface area (Å²) in [5, 5.41) is 2.75. The summed E-state index contributed by atoms with van der Waals surface area (Å²) in [6.07, 6.45) is 5.50. The number of carbonyl (C=O) groups excluding carboxylic acids is 1. The van der Waals surface area contributed by atoms with Crippen molar-refractivity contribution in [1.29, 1.82) is 0 Å². The van der Waals surface area contributed by atoms with E-state index < -0.39 is 6.03 Å². The first-order chi connectivity index (χ1) is 5.70. The van der Waals surface area contributed by atoms with Crippen molar-refractivity contribution < 1.29 is 4.79 Å². The fraction of sp³-hybridized carbons (Fsp3) is 0.889. The summed E-state index contributed by atoms with van der Waals surface area (Å²) in [6.45, 7) is 4.26. The molecule has 0 aliphatic carbocycles. The molecule has 12 heavy (non-hydrogen) atoms. The van der Waals surface area contributed by atoms with Gasteiger partial charge in [-0.2, -0.15) is 0 Å². The molecule has 0 fully saturated rings. The Morgan fingerprint density at radius 1 is 1.33 bits per heavy atom. The average Bonchev–Trinajstić information content (AvgIpc) is 2.00. The van der Waals surface area contributed by atoms with Gasteiger partial charge in [-0.1, -0.05) is 33.1 Å². The van der Waals surface area contributed by atoms with Gasteiger partial charge in [-0.3, -0.25) is 0 Å². The van der Waals surface area contributed by atoms with Crippen molar-refractivity contribution in [3.05, 3.63) is 0 Å². The minimum absolute atomic E-state index is 0.285. The Hall–Kier alpha value is -0.730. The molecular weight excluding hydrogens is 152 g/mol. The second-order valence-corrected chi connectivity index (χ2v) is 3.14. The largest absolute Gasteiger partial charge is 0.352 e. The Bertz CT molecular complexity index is 126. The van der Waals surface area contributed by atoms with Gasteiger partial charge in [0.25, 0.3) is 0 Å². The van der Waals surface area contributed by atoms with Crippen LogP contribution in [0.4, 0.5) is 4.79 Å². The van der Waals surface area contributed by atoms with Crippen LogP contribution in [0.15, 0.2) is 0 Å². The summed E-state index contributed by atoms with van der Waals surface area (Å²) < 4.78 is 0. The predicted molar refractivity (Wildman–Crippen MR) is 50.9 cm³/mol. The zero-order valence-electron chi connectivity index (χ0n) is 8.10. The summed E-state index contributed by atoms with van der Waals surface area (Å²) >= 11 is 0. The fourth-order valence-corrected chi connectivity index (χ4v) is 1.29. The van der Waals surface area contributed by atoms with Crippen molar-refractivity contribution in [2.45, 2.75) is 52.0 Å². The van der Waals surface area contributed by atoms with Crippen LogP contribution in [0.25, 0.3) is 0 Å². The maximum Gasteiger partial charge on any atom is 0.312 e. The minimum atomic E-state index is -0.399. The van der Waals surface area contributed by atoms with E-state index in [-0.39, 0.29) is 6.04 Å². The molecular formula is C9H20N2O. The van der Waals surface area contributed by atoms with Gasteiger partial charge < -0.3 is 11.1 Å². The van der Waals surface area contributed by atoms with Crippen molar-refractivity contribution >= 4 is 6.03 Å². The van der Waals surface area contributed by atoms with E-state index in [1.54, 1.807) is 0 Å². The van der Waals surface area contributed by atoms with Crippen molar-refractivity contribution in [2.24, 2.45) is 5.73 Å². The topological polar surface area (TPSA) is 55.1 Å². The van der Waals surface area contributed by atoms with E-state index in [4.69, 9.17) is 5.73 Å². The summed E-state index contributed by atoms with van der Waals surface area (Å²) in [7, 11) is 0. The number of hydrogen-bond acceptors (Lipinski definition) is 1. The number of hydrogen-bond donors (Lipinski definition) is 2. The summed E-state index contributed by atoms with van der Waals surface area (Å²) in [4.78, 5) is 10.6. The lowest BCUT2D eigenvalue weighted by atomic mass is 10.1. The molecule has 0 aromatic carbocycles. The van der Waals surface area contributed by atoms with Crippen LogP contribution in [-0.2, 0) is 0 Å². The Morgan fingerprint density at radius 3 is 2.42 bits per heavy atom. The highest BCUT2D eigenvalue weighted by molar-refractivity contribution is 5.71. The average molecular weight is 172 g/mol. The third kappa shape index (κ3) is 6.01. The van der Waals surface area contributed by atoms with E-state index in [1.165, 1.54) is 6.42 Å². The Kier molecular flexibility index (Phi) is 6.53. The molecule has 0 spiro atoms. The number of unbranched alkanes of at least 4 members (excludes halogenated alkanes) is 1. The molecule has 0 radical (unpaired) electrons. The second-order valence-electron chi connectivity index (χ2n) is 3.14. The first-order valence-electron chi connectivity index (χ1n) is 4.76. The molecule has 0 aliphatic rings. The van der Waals surface area contributed by atoms with Gasteiger partial charge in [-0.05, 0) is 12.8 Å². The molecule has 3 heteroatoms. The summed E-state index contributed by atoms with van der Waals surface area (Å²) in [5.74, 6) is 0. The molecule has 1 atom stereocenters. The van der Waals surface area contributed by atoms with Gasteiger partial charge in [0.1, 0.15) is 0 Å². The van der Waals surface area contributed by atoms with Gasteiger partial charge in [0, 0.05) is 6.04 Å². The van der Waals surface area contributed by atoms with Crippen LogP contribution >= 0.6 is 0 Å². The first-order valence-corrected chi connectivity index (χ1v) is 4.76. The van der Waals surface area contributed by atoms with Crippen molar-refractivity contribution in [3.63, 3.8) is 0 Å². The molecule has 1 unspecified atom stereocenters. The van der Waals surface area contributed by atoms with E-state index in [0.717, 1.165) is 25.7 Å². The van der Waals surface area contributed by atoms with Crippen LogP contribution in [0.3, 0.4) is 0 Å². The molecule has 2 amide bonds. The van der Waals surface area contributed by atoms with Gasteiger partial charge in [0.15, 0.2) is 0 Å². The monoisotopic (exact) mass is 172 g/mol. The number of primary amides is 1. The number of nitrogens with two attached hydrogens (primary N) is 1. The number of amides is 2. The zero-order valence-corrected chi connectivity index (χ0v) is 8.10. The highest BCUT2D eigenvalue weighted by Gasteiger charge is 2.07. The zero-order chi connectivity index (χ0) is 9.40. The van der Waals surface area contributed by atoms with Crippen LogP contribution in [0.2, 0.25) is 0 Å². The number of rotatable bonds is 6. The third-order valence-corrected chi connectivity index (χ3v) is 1.89. The molecule has 3 N–H and O–H groups in total. The molecule has 0 saturated heterocycles. The van der Waals surface area contributed by atoms with Gasteiger partial charge in [-0.15, -0.1) is 0 Å². The quantitative estimate of drug-likeness (QED) is 0.632. The highest BCUT2D eigenvalue weighted by Crippen LogP contribution is 2.06. The van der Waals surface area contributed by atoms with Crippen LogP contribution in [0.5, 0.6) is 0 Å². The second kappa shape index (κ2) is 6.95. The minimum Gasteiger partial charge on any atom is -0.352 e. The molecule has 72 valence electrons. The molecule has 0 aliphatic heterocycles. The van der Waals surface area contributed by atoms with Crippen LogP contribution in [-0.4, -0.2) is 12.1 Å². The lowest BCUT2D eigenvalue weighted by Gasteiger charge is -2.15. The SMILES string of the molecule is CCCCC(CCC)NC(N)=O. The Labute approximate surface area is 74.7 Å².